The van der Waals surface area contributed by atoms with E-state index in [-0.39, 0.29) is 11.4 Å². The highest BCUT2D eigenvalue weighted by Gasteiger charge is 2.34. The van der Waals surface area contributed by atoms with Gasteiger partial charge in [0.1, 0.15) is 5.75 Å². The van der Waals surface area contributed by atoms with Crippen LogP contribution in [0.2, 0.25) is 0 Å². The Morgan fingerprint density at radius 2 is 1.87 bits per heavy atom. The van der Waals surface area contributed by atoms with Crippen LogP contribution >= 0.6 is 0 Å². The number of methoxy groups -OCH3 is 1. The number of aryl methyl sites for hydroxylation is 2. The van der Waals surface area contributed by atoms with E-state index in [0.717, 1.165) is 41.2 Å². The molecule has 1 saturated carbocycles. The Balaban J connectivity index is 2.05. The van der Waals surface area contributed by atoms with Crippen LogP contribution in [0.15, 0.2) is 12.1 Å². The van der Waals surface area contributed by atoms with Crippen molar-refractivity contribution in [2.45, 2.75) is 65.8 Å². The number of carbonyl (C=O) groups is 1. The van der Waals surface area contributed by atoms with Crippen LogP contribution in [0.3, 0.4) is 0 Å². The minimum atomic E-state index is -0.0582. The lowest BCUT2D eigenvalue weighted by molar-refractivity contribution is -0.122. The van der Waals surface area contributed by atoms with Crippen molar-refractivity contribution in [3.05, 3.63) is 28.8 Å². The van der Waals surface area contributed by atoms with E-state index in [1.807, 2.05) is 26.0 Å². The summed E-state index contributed by atoms with van der Waals surface area (Å²) in [5.74, 6) is 2.40. The van der Waals surface area contributed by atoms with Gasteiger partial charge in [-0.25, -0.2) is 0 Å². The number of benzene rings is 1. The lowest BCUT2D eigenvalue weighted by Crippen LogP contribution is -2.50. The SMILES string of the molecule is COc1cc(C)c(CC(=O)NC2(C)CCC(C)C(C)C2)c(C)c1. The Morgan fingerprint density at radius 3 is 2.39 bits per heavy atom. The molecule has 0 heterocycles. The third-order valence-electron chi connectivity index (χ3n) is 5.58. The van der Waals surface area contributed by atoms with Gasteiger partial charge < -0.3 is 10.1 Å². The Bertz CT molecular complexity index is 558. The average Bonchev–Trinajstić information content (AvgIpc) is 2.46. The van der Waals surface area contributed by atoms with Crippen molar-refractivity contribution in [1.29, 1.82) is 0 Å². The normalized spacial score (nSPS) is 27.6. The first-order valence-electron chi connectivity index (χ1n) is 8.69. The van der Waals surface area contributed by atoms with Crippen LogP contribution in [0.4, 0.5) is 0 Å². The van der Waals surface area contributed by atoms with Crippen molar-refractivity contribution < 1.29 is 9.53 Å². The third kappa shape index (κ3) is 4.27. The highest BCUT2D eigenvalue weighted by Crippen LogP contribution is 2.36. The van der Waals surface area contributed by atoms with Gasteiger partial charge in [0.2, 0.25) is 5.91 Å². The number of hydrogen-bond acceptors (Lipinski definition) is 2. The standard InChI is InChI=1S/C20H31NO2/c1-13-7-8-20(5,12-16(13)4)21-19(22)11-18-14(2)9-17(23-6)10-15(18)3/h9-10,13,16H,7-8,11-12H2,1-6H3,(H,21,22). The minimum Gasteiger partial charge on any atom is -0.497 e. The molecule has 1 amide bonds. The van der Waals surface area contributed by atoms with E-state index in [2.05, 4.69) is 26.1 Å². The summed E-state index contributed by atoms with van der Waals surface area (Å²) in [6, 6.07) is 4.00. The monoisotopic (exact) mass is 317 g/mol. The Labute approximate surface area is 140 Å². The molecule has 0 aromatic heterocycles. The quantitative estimate of drug-likeness (QED) is 0.904. The second-order valence-corrected chi connectivity index (χ2v) is 7.72. The highest BCUT2D eigenvalue weighted by atomic mass is 16.5. The summed E-state index contributed by atoms with van der Waals surface area (Å²) in [4.78, 5) is 12.6. The second kappa shape index (κ2) is 6.94. The van der Waals surface area contributed by atoms with Crippen molar-refractivity contribution in [2.75, 3.05) is 7.11 Å². The Kier molecular flexibility index (Phi) is 5.38. The topological polar surface area (TPSA) is 38.3 Å². The van der Waals surface area contributed by atoms with E-state index < -0.39 is 0 Å². The first kappa shape index (κ1) is 17.8. The van der Waals surface area contributed by atoms with E-state index in [4.69, 9.17) is 4.74 Å². The minimum absolute atomic E-state index is 0.0582. The molecule has 3 heteroatoms. The van der Waals surface area contributed by atoms with Crippen molar-refractivity contribution in [1.82, 2.24) is 5.32 Å². The van der Waals surface area contributed by atoms with Crippen LogP contribution in [-0.4, -0.2) is 18.6 Å². The van der Waals surface area contributed by atoms with Crippen LogP contribution in [0.5, 0.6) is 5.75 Å². The van der Waals surface area contributed by atoms with E-state index in [1.54, 1.807) is 7.11 Å². The highest BCUT2D eigenvalue weighted by molar-refractivity contribution is 5.80. The van der Waals surface area contributed by atoms with Gasteiger partial charge in [0, 0.05) is 5.54 Å². The van der Waals surface area contributed by atoms with Crippen LogP contribution in [0.1, 0.15) is 56.7 Å². The average molecular weight is 317 g/mol. The van der Waals surface area contributed by atoms with Gasteiger partial charge in [-0.1, -0.05) is 13.8 Å². The predicted molar refractivity (Wildman–Crippen MR) is 94.9 cm³/mol. The molecule has 1 aromatic carbocycles. The number of ether oxygens (including phenoxy) is 1. The molecule has 1 aliphatic carbocycles. The van der Waals surface area contributed by atoms with Gasteiger partial charge in [0.05, 0.1) is 13.5 Å². The molecule has 2 rings (SSSR count). The fourth-order valence-corrected chi connectivity index (χ4v) is 3.85. The Hall–Kier alpha value is -1.51. The molecular formula is C20H31NO2. The van der Waals surface area contributed by atoms with Crippen molar-refractivity contribution in [3.63, 3.8) is 0 Å². The molecule has 3 nitrogen and oxygen atoms in total. The second-order valence-electron chi connectivity index (χ2n) is 7.72. The lowest BCUT2D eigenvalue weighted by atomic mass is 9.72. The van der Waals surface area contributed by atoms with Crippen molar-refractivity contribution in [3.8, 4) is 5.75 Å². The van der Waals surface area contributed by atoms with Gasteiger partial charge in [-0.2, -0.15) is 0 Å². The summed E-state index contributed by atoms with van der Waals surface area (Å²) in [7, 11) is 1.67. The van der Waals surface area contributed by atoms with E-state index in [9.17, 15) is 4.79 Å². The molecule has 1 aromatic rings. The number of hydrogen-bond donors (Lipinski definition) is 1. The first-order valence-corrected chi connectivity index (χ1v) is 8.69. The zero-order chi connectivity index (χ0) is 17.2. The number of nitrogens with one attached hydrogen (secondary N) is 1. The summed E-state index contributed by atoms with van der Waals surface area (Å²) in [5, 5.41) is 3.31. The Morgan fingerprint density at radius 1 is 1.26 bits per heavy atom. The fraction of sp³-hybridized carbons (Fsp3) is 0.650. The molecule has 0 spiro atoms. The molecule has 0 bridgehead atoms. The molecule has 0 aliphatic heterocycles. The third-order valence-corrected chi connectivity index (χ3v) is 5.58. The summed E-state index contributed by atoms with van der Waals surface area (Å²) < 4.78 is 5.29. The summed E-state index contributed by atoms with van der Waals surface area (Å²) in [5.41, 5.74) is 3.29. The summed E-state index contributed by atoms with van der Waals surface area (Å²) >= 11 is 0. The summed E-state index contributed by atoms with van der Waals surface area (Å²) in [6.45, 7) is 10.9. The molecule has 23 heavy (non-hydrogen) atoms. The van der Waals surface area contributed by atoms with Gasteiger partial charge in [0.15, 0.2) is 0 Å². The van der Waals surface area contributed by atoms with Crippen LogP contribution in [-0.2, 0) is 11.2 Å². The number of carbonyl (C=O) groups excluding carboxylic acids is 1. The van der Waals surface area contributed by atoms with Crippen molar-refractivity contribution in [2.24, 2.45) is 11.8 Å². The zero-order valence-corrected chi connectivity index (χ0v) is 15.5. The summed E-state index contributed by atoms with van der Waals surface area (Å²) in [6.07, 6.45) is 3.78. The van der Waals surface area contributed by atoms with Crippen molar-refractivity contribution >= 4 is 5.91 Å². The molecule has 0 saturated heterocycles. The largest absolute Gasteiger partial charge is 0.497 e. The maximum atomic E-state index is 12.6. The van der Waals surface area contributed by atoms with Gasteiger partial charge in [-0.15, -0.1) is 0 Å². The number of rotatable bonds is 4. The van der Waals surface area contributed by atoms with Crippen LogP contribution in [0.25, 0.3) is 0 Å². The molecule has 128 valence electrons. The predicted octanol–water partition coefficient (Wildman–Crippen LogP) is 4.19. The fourth-order valence-electron chi connectivity index (χ4n) is 3.85. The van der Waals surface area contributed by atoms with Crippen LogP contribution < -0.4 is 10.1 Å². The van der Waals surface area contributed by atoms with Crippen LogP contribution in [0, 0.1) is 25.7 Å². The molecular weight excluding hydrogens is 286 g/mol. The smallest absolute Gasteiger partial charge is 0.224 e. The maximum absolute atomic E-state index is 12.6. The molecule has 1 aliphatic rings. The molecule has 3 atom stereocenters. The molecule has 0 radical (unpaired) electrons. The molecule has 3 unspecified atom stereocenters. The van der Waals surface area contributed by atoms with Gasteiger partial charge in [-0.3, -0.25) is 4.79 Å². The van der Waals surface area contributed by atoms with E-state index >= 15 is 0 Å². The molecule has 1 N–H and O–H groups in total. The van der Waals surface area contributed by atoms with Gasteiger partial charge >= 0.3 is 0 Å². The number of amides is 1. The zero-order valence-electron chi connectivity index (χ0n) is 15.5. The lowest BCUT2D eigenvalue weighted by Gasteiger charge is -2.41. The van der Waals surface area contributed by atoms with E-state index in [0.29, 0.717) is 12.3 Å². The van der Waals surface area contributed by atoms with Gasteiger partial charge in [-0.05, 0) is 80.7 Å². The van der Waals surface area contributed by atoms with Gasteiger partial charge in [0.25, 0.3) is 0 Å². The maximum Gasteiger partial charge on any atom is 0.224 e. The van der Waals surface area contributed by atoms with E-state index in [1.165, 1.54) is 6.42 Å². The molecule has 1 fully saturated rings. The first-order chi connectivity index (χ1) is 10.7.